The van der Waals surface area contributed by atoms with Crippen molar-refractivity contribution in [1.29, 1.82) is 0 Å². The van der Waals surface area contributed by atoms with Crippen LogP contribution in [0.1, 0.15) is 41.7 Å². The van der Waals surface area contributed by atoms with Crippen molar-refractivity contribution in [3.05, 3.63) is 258 Å². The van der Waals surface area contributed by atoms with Crippen LogP contribution in [0.4, 0.5) is 28.4 Å². The zero-order chi connectivity index (χ0) is 42.0. The summed E-state index contributed by atoms with van der Waals surface area (Å²) in [6.45, 7) is 10.6. The van der Waals surface area contributed by atoms with Crippen LogP contribution in [0.2, 0.25) is 0 Å². The second-order valence-corrected chi connectivity index (χ2v) is 16.5. The number of hydrogen-bond donors (Lipinski definition) is 0. The molecule has 11 rings (SSSR count). The lowest BCUT2D eigenvalue weighted by Gasteiger charge is -2.33. The molecule has 62 heavy (non-hydrogen) atoms. The summed E-state index contributed by atoms with van der Waals surface area (Å²) in [4.78, 5) is 4.83. The molecule has 2 nitrogen and oxygen atoms in total. The molecule has 0 unspecified atom stereocenters. The number of allylic oxidation sites excluding steroid dienone is 4. The predicted molar refractivity (Wildman–Crippen MR) is 263 cm³/mol. The first-order valence-corrected chi connectivity index (χ1v) is 21.6. The van der Waals surface area contributed by atoms with Gasteiger partial charge in [-0.1, -0.05) is 152 Å². The Morgan fingerprint density at radius 3 is 1.79 bits per heavy atom. The molecule has 0 atom stereocenters. The van der Waals surface area contributed by atoms with Gasteiger partial charge >= 0.3 is 0 Å². The van der Waals surface area contributed by atoms with E-state index in [4.69, 9.17) is 0 Å². The molecule has 0 radical (unpaired) electrons. The average molecular weight is 795 g/mol. The Balaban J connectivity index is 1.25. The Bertz CT molecular complexity index is 3250. The van der Waals surface area contributed by atoms with E-state index in [2.05, 4.69) is 243 Å². The number of benzene rings is 9. The summed E-state index contributed by atoms with van der Waals surface area (Å²) in [7, 11) is 0. The van der Waals surface area contributed by atoms with Crippen LogP contribution in [0.25, 0.3) is 43.8 Å². The highest BCUT2D eigenvalue weighted by Crippen LogP contribution is 2.65. The van der Waals surface area contributed by atoms with Crippen molar-refractivity contribution < 1.29 is 0 Å². The number of rotatable bonds is 8. The Kier molecular flexibility index (Phi) is 8.91. The molecule has 2 aliphatic carbocycles. The summed E-state index contributed by atoms with van der Waals surface area (Å²) < 4.78 is 0. The molecule has 0 amide bonds. The predicted octanol–water partition coefficient (Wildman–Crippen LogP) is 16.3. The minimum absolute atomic E-state index is 0.566. The fourth-order valence-corrected chi connectivity index (χ4v) is 10.5. The van der Waals surface area contributed by atoms with Crippen molar-refractivity contribution in [2.75, 3.05) is 9.80 Å². The molecule has 0 saturated heterocycles. The molecule has 0 bridgehead atoms. The zero-order valence-corrected chi connectivity index (χ0v) is 35.3. The molecule has 9 aromatic carbocycles. The molecular formula is C60H46N2. The molecule has 296 valence electrons. The Morgan fingerprint density at radius 2 is 1.11 bits per heavy atom. The van der Waals surface area contributed by atoms with Crippen molar-refractivity contribution in [2.24, 2.45) is 0 Å². The molecule has 2 aliphatic rings. The highest BCUT2D eigenvalue weighted by Gasteiger charge is 2.52. The maximum Gasteiger partial charge on any atom is 0.0726 e. The van der Waals surface area contributed by atoms with E-state index in [0.29, 0.717) is 0 Å². The molecule has 2 heteroatoms. The molecule has 0 aliphatic heterocycles. The molecule has 0 heterocycles. The van der Waals surface area contributed by atoms with Gasteiger partial charge in [0, 0.05) is 33.8 Å². The van der Waals surface area contributed by atoms with E-state index in [1.54, 1.807) is 0 Å². The Labute approximate surface area is 364 Å². The lowest BCUT2D eigenvalue weighted by atomic mass is 9.70. The Hall–Kier alpha value is -7.68. The molecular weight excluding hydrogens is 749 g/mol. The van der Waals surface area contributed by atoms with Crippen LogP contribution in [-0.4, -0.2) is 0 Å². The summed E-state index contributed by atoms with van der Waals surface area (Å²) in [5.41, 5.74) is 19.0. The fraction of sp³-hybridized carbons (Fsp3) is 0.0667. The van der Waals surface area contributed by atoms with Crippen molar-refractivity contribution in [2.45, 2.75) is 26.2 Å². The summed E-state index contributed by atoms with van der Waals surface area (Å²) in [5, 5.41) is 4.87. The van der Waals surface area contributed by atoms with Crippen LogP contribution >= 0.6 is 0 Å². The molecule has 0 N–H and O–H groups in total. The van der Waals surface area contributed by atoms with Gasteiger partial charge in [-0.3, -0.25) is 0 Å². The number of fused-ring (bicyclic) bond motifs is 13. The van der Waals surface area contributed by atoms with Crippen LogP contribution in [0.15, 0.2) is 230 Å². The SMILES string of the molecule is C=C/C=C(\C(C)=C/C)N(c1ccccc1)c1ccc2cc3c(cc2c1)C1(c2ccccc2-c2ccccc21)c1cc(N(c2ccccc2)c2ccccc2C)c2ccccc2c1-3. The molecule has 9 aromatic rings. The number of hydrogen-bond acceptors (Lipinski definition) is 2. The van der Waals surface area contributed by atoms with Gasteiger partial charge in [0.15, 0.2) is 0 Å². The van der Waals surface area contributed by atoms with Gasteiger partial charge in [-0.2, -0.15) is 0 Å². The minimum Gasteiger partial charge on any atom is -0.310 e. The fourth-order valence-electron chi connectivity index (χ4n) is 10.5. The van der Waals surface area contributed by atoms with Gasteiger partial charge in [-0.25, -0.2) is 0 Å². The molecule has 0 aromatic heterocycles. The van der Waals surface area contributed by atoms with Gasteiger partial charge in [0.2, 0.25) is 0 Å². The van der Waals surface area contributed by atoms with Crippen LogP contribution in [-0.2, 0) is 5.41 Å². The van der Waals surface area contributed by atoms with Crippen molar-refractivity contribution >= 4 is 50.0 Å². The van der Waals surface area contributed by atoms with E-state index in [-0.39, 0.29) is 0 Å². The normalized spacial score (nSPS) is 13.5. The smallest absolute Gasteiger partial charge is 0.0726 e. The third kappa shape index (κ3) is 5.50. The van der Waals surface area contributed by atoms with Crippen LogP contribution < -0.4 is 9.80 Å². The highest BCUT2D eigenvalue weighted by atomic mass is 15.2. The van der Waals surface area contributed by atoms with E-state index in [9.17, 15) is 0 Å². The first-order valence-electron chi connectivity index (χ1n) is 21.6. The van der Waals surface area contributed by atoms with E-state index >= 15 is 0 Å². The van der Waals surface area contributed by atoms with Gasteiger partial charge in [0.05, 0.1) is 11.1 Å². The zero-order valence-electron chi connectivity index (χ0n) is 35.3. The maximum absolute atomic E-state index is 4.12. The summed E-state index contributed by atoms with van der Waals surface area (Å²) in [6, 6.07) is 72.1. The molecule has 1 spiro atoms. The third-order valence-electron chi connectivity index (χ3n) is 13.3. The number of aryl methyl sites for hydroxylation is 1. The summed E-state index contributed by atoms with van der Waals surface area (Å²) in [6.07, 6.45) is 6.18. The number of anilines is 5. The minimum atomic E-state index is -0.566. The van der Waals surface area contributed by atoms with Crippen molar-refractivity contribution in [3.63, 3.8) is 0 Å². The van der Waals surface area contributed by atoms with Gasteiger partial charge in [-0.05, 0) is 159 Å². The molecule has 0 fully saturated rings. The summed E-state index contributed by atoms with van der Waals surface area (Å²) >= 11 is 0. The second-order valence-electron chi connectivity index (χ2n) is 16.5. The van der Waals surface area contributed by atoms with Gasteiger partial charge in [0.25, 0.3) is 0 Å². The van der Waals surface area contributed by atoms with E-state index in [0.717, 1.165) is 22.8 Å². The lowest BCUT2D eigenvalue weighted by molar-refractivity contribution is 0.795. The number of para-hydroxylation sites is 3. The number of nitrogens with zero attached hydrogens (tertiary/aromatic N) is 2. The topological polar surface area (TPSA) is 6.48 Å². The highest BCUT2D eigenvalue weighted by molar-refractivity contribution is 6.13. The van der Waals surface area contributed by atoms with Gasteiger partial charge < -0.3 is 9.80 Å². The monoisotopic (exact) mass is 794 g/mol. The van der Waals surface area contributed by atoms with Gasteiger partial charge in [-0.15, -0.1) is 0 Å². The lowest BCUT2D eigenvalue weighted by Crippen LogP contribution is -2.26. The maximum atomic E-state index is 4.12. The largest absolute Gasteiger partial charge is 0.310 e. The van der Waals surface area contributed by atoms with Crippen LogP contribution in [0, 0.1) is 6.92 Å². The first kappa shape index (κ1) is 37.3. The third-order valence-corrected chi connectivity index (χ3v) is 13.3. The van der Waals surface area contributed by atoms with Crippen LogP contribution in [0.3, 0.4) is 0 Å². The van der Waals surface area contributed by atoms with Crippen LogP contribution in [0.5, 0.6) is 0 Å². The molecule has 0 saturated carbocycles. The van der Waals surface area contributed by atoms with E-state index in [1.807, 2.05) is 6.08 Å². The second kappa shape index (κ2) is 14.8. The average Bonchev–Trinajstić information content (AvgIpc) is 3.78. The Morgan fingerprint density at radius 1 is 0.500 bits per heavy atom. The van der Waals surface area contributed by atoms with Crippen molar-refractivity contribution in [3.8, 4) is 22.3 Å². The first-order chi connectivity index (χ1) is 30.5. The quantitative estimate of drug-likeness (QED) is 0.141. The standard InChI is InChI=1S/C60H46N2/c1-5-21-56(40(3)6-2)61(44-23-9-7-10-24-44)46-35-34-42-37-51-54(38-43(42)36-46)60(52-31-18-16-27-47(52)48-28-17-19-32-53(48)60)55-39-58(49-29-14-15-30-50(49)59(51)55)62(45-25-11-8-12-26-45)57-33-20-13-22-41(57)4/h5-39H,1H2,2-4H3/b40-6-,56-21+. The van der Waals surface area contributed by atoms with E-state index < -0.39 is 5.41 Å². The van der Waals surface area contributed by atoms with Gasteiger partial charge in [0.1, 0.15) is 0 Å². The summed E-state index contributed by atoms with van der Waals surface area (Å²) in [5.74, 6) is 0. The van der Waals surface area contributed by atoms with Crippen molar-refractivity contribution in [1.82, 2.24) is 0 Å². The van der Waals surface area contributed by atoms with E-state index in [1.165, 1.54) is 88.6 Å².